The average molecular weight is 258 g/mol. The van der Waals surface area contributed by atoms with Crippen molar-refractivity contribution in [3.05, 3.63) is 36.0 Å². The summed E-state index contributed by atoms with van der Waals surface area (Å²) in [5.74, 6) is 0.507. The highest BCUT2D eigenvalue weighted by atomic mass is 16.5. The van der Waals surface area contributed by atoms with Gasteiger partial charge in [0.25, 0.3) is 0 Å². The van der Waals surface area contributed by atoms with Crippen LogP contribution in [0.1, 0.15) is 19.5 Å². The Morgan fingerprint density at radius 3 is 2.68 bits per heavy atom. The van der Waals surface area contributed by atoms with Crippen LogP contribution in [-0.4, -0.2) is 24.7 Å². The summed E-state index contributed by atoms with van der Waals surface area (Å²) in [6, 6.07) is 10.6. The number of anilines is 1. The number of benzene rings is 1. The maximum atomic E-state index is 5.30. The van der Waals surface area contributed by atoms with Crippen LogP contribution >= 0.6 is 0 Å². The van der Waals surface area contributed by atoms with Crippen LogP contribution in [-0.2, 0) is 4.74 Å². The molecule has 0 bridgehead atoms. The minimum absolute atomic E-state index is 0.301. The van der Waals surface area contributed by atoms with Crippen molar-refractivity contribution in [1.82, 2.24) is 4.98 Å². The molecule has 0 aliphatic rings. The fourth-order valence-corrected chi connectivity index (χ4v) is 2.21. The van der Waals surface area contributed by atoms with Gasteiger partial charge in [-0.05, 0) is 25.0 Å². The molecule has 1 aromatic heterocycles. The first-order chi connectivity index (χ1) is 9.11. The number of hydrogen-bond donors (Lipinski definition) is 1. The van der Waals surface area contributed by atoms with Crippen LogP contribution in [0.15, 0.2) is 30.3 Å². The van der Waals surface area contributed by atoms with Gasteiger partial charge in [-0.25, -0.2) is 0 Å². The lowest BCUT2D eigenvalue weighted by Gasteiger charge is -2.23. The zero-order valence-electron chi connectivity index (χ0n) is 12.1. The summed E-state index contributed by atoms with van der Waals surface area (Å²) in [5, 5.41) is 4.76. The van der Waals surface area contributed by atoms with Crippen LogP contribution in [0.25, 0.3) is 10.9 Å². The van der Waals surface area contributed by atoms with E-state index in [0.29, 0.717) is 18.6 Å². The molecule has 0 radical (unpaired) electrons. The van der Waals surface area contributed by atoms with E-state index < -0.39 is 0 Å². The molecular formula is C16H22N2O. The molecule has 0 spiro atoms. The smallest absolute Gasteiger partial charge is 0.0725 e. The number of para-hydroxylation sites is 1. The van der Waals surface area contributed by atoms with Crippen molar-refractivity contribution < 1.29 is 4.74 Å². The molecule has 0 aliphatic carbocycles. The molecule has 1 heterocycles. The second-order valence-corrected chi connectivity index (χ2v) is 5.28. The minimum atomic E-state index is 0.301. The summed E-state index contributed by atoms with van der Waals surface area (Å²) < 4.78 is 5.30. The summed E-state index contributed by atoms with van der Waals surface area (Å²) in [7, 11) is 1.74. The highest BCUT2D eigenvalue weighted by Crippen LogP contribution is 2.24. The molecular weight excluding hydrogens is 236 g/mol. The molecule has 3 heteroatoms. The maximum Gasteiger partial charge on any atom is 0.0725 e. The topological polar surface area (TPSA) is 34.1 Å². The average Bonchev–Trinajstić information content (AvgIpc) is 2.37. The normalized spacial score (nSPS) is 12.9. The number of aromatic nitrogens is 1. The highest BCUT2D eigenvalue weighted by molar-refractivity contribution is 5.91. The number of pyridine rings is 1. The number of aryl methyl sites for hydroxylation is 1. The van der Waals surface area contributed by atoms with E-state index in [0.717, 1.165) is 22.3 Å². The molecule has 1 unspecified atom stereocenters. The Hall–Kier alpha value is -1.61. The highest BCUT2D eigenvalue weighted by Gasteiger charge is 2.14. The lowest BCUT2D eigenvalue weighted by molar-refractivity contribution is 0.171. The molecule has 0 fully saturated rings. The Morgan fingerprint density at radius 2 is 2.00 bits per heavy atom. The van der Waals surface area contributed by atoms with Crippen LogP contribution in [0.4, 0.5) is 5.69 Å². The predicted octanol–water partition coefficient (Wildman–Crippen LogP) is 3.63. The Labute approximate surface area is 115 Å². The third kappa shape index (κ3) is 3.24. The van der Waals surface area contributed by atoms with E-state index in [4.69, 9.17) is 4.74 Å². The number of ether oxygens (including phenoxy) is 1. The molecule has 102 valence electrons. The van der Waals surface area contributed by atoms with Gasteiger partial charge in [0.15, 0.2) is 0 Å². The van der Waals surface area contributed by atoms with E-state index in [1.165, 1.54) is 0 Å². The van der Waals surface area contributed by atoms with Crippen molar-refractivity contribution in [2.45, 2.75) is 26.8 Å². The first-order valence-electron chi connectivity index (χ1n) is 6.73. The summed E-state index contributed by atoms with van der Waals surface area (Å²) in [5.41, 5.74) is 3.20. The number of rotatable bonds is 5. The van der Waals surface area contributed by atoms with Crippen LogP contribution in [0.5, 0.6) is 0 Å². The minimum Gasteiger partial charge on any atom is -0.383 e. The Balaban J connectivity index is 2.38. The molecule has 0 aliphatic heterocycles. The van der Waals surface area contributed by atoms with Crippen molar-refractivity contribution in [3.63, 3.8) is 0 Å². The van der Waals surface area contributed by atoms with E-state index in [-0.39, 0.29) is 0 Å². The van der Waals surface area contributed by atoms with Gasteiger partial charge in [-0.1, -0.05) is 32.0 Å². The lowest BCUT2D eigenvalue weighted by atomic mass is 10.0. The Kier molecular flexibility index (Phi) is 4.38. The second-order valence-electron chi connectivity index (χ2n) is 5.28. The Bertz CT molecular complexity index is 551. The molecule has 3 nitrogen and oxygen atoms in total. The van der Waals surface area contributed by atoms with E-state index in [1.807, 2.05) is 25.1 Å². The predicted molar refractivity (Wildman–Crippen MR) is 80.6 cm³/mol. The van der Waals surface area contributed by atoms with Crippen molar-refractivity contribution >= 4 is 16.6 Å². The van der Waals surface area contributed by atoms with E-state index >= 15 is 0 Å². The van der Waals surface area contributed by atoms with Gasteiger partial charge < -0.3 is 10.1 Å². The monoisotopic (exact) mass is 258 g/mol. The van der Waals surface area contributed by atoms with Crippen LogP contribution in [0.3, 0.4) is 0 Å². The molecule has 2 rings (SSSR count). The molecule has 19 heavy (non-hydrogen) atoms. The molecule has 0 amide bonds. The molecule has 2 aromatic rings. The van der Waals surface area contributed by atoms with Gasteiger partial charge in [-0.2, -0.15) is 0 Å². The first-order valence-corrected chi connectivity index (χ1v) is 6.73. The van der Waals surface area contributed by atoms with Crippen LogP contribution < -0.4 is 5.32 Å². The molecule has 1 N–H and O–H groups in total. The SMILES string of the molecule is COCC(Nc1cc(C)nc2ccccc12)C(C)C. The van der Waals surface area contributed by atoms with E-state index in [1.54, 1.807) is 7.11 Å². The zero-order valence-corrected chi connectivity index (χ0v) is 12.1. The molecule has 1 atom stereocenters. The quantitative estimate of drug-likeness (QED) is 0.889. The van der Waals surface area contributed by atoms with Crippen molar-refractivity contribution in [3.8, 4) is 0 Å². The van der Waals surface area contributed by atoms with Gasteiger partial charge in [-0.15, -0.1) is 0 Å². The maximum absolute atomic E-state index is 5.30. The fourth-order valence-electron chi connectivity index (χ4n) is 2.21. The molecule has 1 aromatic carbocycles. The third-order valence-electron chi connectivity index (χ3n) is 3.34. The molecule has 0 saturated carbocycles. The van der Waals surface area contributed by atoms with Crippen LogP contribution in [0.2, 0.25) is 0 Å². The largest absolute Gasteiger partial charge is 0.383 e. The summed E-state index contributed by atoms with van der Waals surface area (Å²) in [6.07, 6.45) is 0. The fraction of sp³-hybridized carbons (Fsp3) is 0.438. The van der Waals surface area contributed by atoms with Gasteiger partial charge in [0.2, 0.25) is 0 Å². The van der Waals surface area contributed by atoms with Crippen molar-refractivity contribution in [2.24, 2.45) is 5.92 Å². The van der Waals surface area contributed by atoms with Crippen molar-refractivity contribution in [2.75, 3.05) is 19.0 Å². The van der Waals surface area contributed by atoms with Gasteiger partial charge in [-0.3, -0.25) is 4.98 Å². The second kappa shape index (κ2) is 6.02. The number of fused-ring (bicyclic) bond motifs is 1. The van der Waals surface area contributed by atoms with Gasteiger partial charge in [0, 0.05) is 23.9 Å². The first kappa shape index (κ1) is 13.8. The van der Waals surface area contributed by atoms with Crippen molar-refractivity contribution in [1.29, 1.82) is 0 Å². The van der Waals surface area contributed by atoms with Crippen LogP contribution in [0, 0.1) is 12.8 Å². The Morgan fingerprint density at radius 1 is 1.26 bits per heavy atom. The summed E-state index contributed by atoms with van der Waals surface area (Å²) >= 11 is 0. The van der Waals surface area contributed by atoms with E-state index in [2.05, 4.69) is 36.3 Å². The van der Waals surface area contributed by atoms with E-state index in [9.17, 15) is 0 Å². The summed E-state index contributed by atoms with van der Waals surface area (Å²) in [6.45, 7) is 7.13. The standard InChI is InChI=1S/C16H22N2O/c1-11(2)16(10-19-4)18-15-9-12(3)17-14-8-6-5-7-13(14)15/h5-9,11,16H,10H2,1-4H3,(H,17,18). The number of nitrogens with zero attached hydrogens (tertiary/aromatic N) is 1. The van der Waals surface area contributed by atoms with Gasteiger partial charge >= 0.3 is 0 Å². The third-order valence-corrected chi connectivity index (χ3v) is 3.34. The molecule has 0 saturated heterocycles. The number of methoxy groups -OCH3 is 1. The number of nitrogens with one attached hydrogen (secondary N) is 1. The van der Waals surface area contributed by atoms with Gasteiger partial charge in [0.05, 0.1) is 18.2 Å². The summed E-state index contributed by atoms with van der Waals surface area (Å²) in [4.78, 5) is 4.56. The number of hydrogen-bond acceptors (Lipinski definition) is 3. The van der Waals surface area contributed by atoms with Gasteiger partial charge in [0.1, 0.15) is 0 Å². The zero-order chi connectivity index (χ0) is 13.8. The lowest BCUT2D eigenvalue weighted by Crippen LogP contribution is -2.30.